The van der Waals surface area contributed by atoms with Crippen LogP contribution in [0.2, 0.25) is 0 Å². The van der Waals surface area contributed by atoms with Crippen LogP contribution in [0.3, 0.4) is 0 Å². The Kier molecular flexibility index (Phi) is 3.01. The summed E-state index contributed by atoms with van der Waals surface area (Å²) in [7, 11) is 0. The fourth-order valence-corrected chi connectivity index (χ4v) is 2.92. The molecule has 1 amide bonds. The van der Waals surface area contributed by atoms with Crippen molar-refractivity contribution >= 4 is 16.8 Å². The molecule has 19 heavy (non-hydrogen) atoms. The first-order valence-corrected chi connectivity index (χ1v) is 6.74. The minimum Gasteiger partial charge on any atom is -0.358 e. The summed E-state index contributed by atoms with van der Waals surface area (Å²) in [5.41, 5.74) is 2.10. The van der Waals surface area contributed by atoms with Crippen molar-refractivity contribution in [2.24, 2.45) is 0 Å². The molecule has 1 fully saturated rings. The topological polar surface area (TPSA) is 44.9 Å². The number of benzene rings is 1. The molecule has 0 atom stereocenters. The van der Waals surface area contributed by atoms with Gasteiger partial charge in [0.2, 0.25) is 0 Å². The summed E-state index contributed by atoms with van der Waals surface area (Å²) in [4.78, 5) is 15.4. The van der Waals surface area contributed by atoms with Crippen LogP contribution in [0, 0.1) is 12.7 Å². The van der Waals surface area contributed by atoms with Crippen LogP contribution in [-0.2, 0) is 0 Å². The second-order valence-corrected chi connectivity index (χ2v) is 5.27. The van der Waals surface area contributed by atoms with E-state index in [9.17, 15) is 9.18 Å². The van der Waals surface area contributed by atoms with E-state index in [4.69, 9.17) is 0 Å². The second-order valence-electron chi connectivity index (χ2n) is 5.27. The average Bonchev–Trinajstić information content (AvgIpc) is 2.95. The lowest BCUT2D eigenvalue weighted by molar-refractivity contribution is 0.0939. The number of hydrogen-bond donors (Lipinski definition) is 2. The van der Waals surface area contributed by atoms with Crippen molar-refractivity contribution in [3.63, 3.8) is 0 Å². The summed E-state index contributed by atoms with van der Waals surface area (Å²) in [6.45, 7) is 1.85. The smallest absolute Gasteiger partial charge is 0.253 e. The van der Waals surface area contributed by atoms with Crippen molar-refractivity contribution in [2.45, 2.75) is 38.6 Å². The van der Waals surface area contributed by atoms with E-state index in [1.165, 1.54) is 25.0 Å². The lowest BCUT2D eigenvalue weighted by Gasteiger charge is -2.11. The Bertz CT molecular complexity index is 626. The van der Waals surface area contributed by atoms with E-state index in [0.717, 1.165) is 23.9 Å². The number of carbonyl (C=O) groups is 1. The number of amides is 1. The molecule has 4 heteroatoms. The van der Waals surface area contributed by atoms with Crippen LogP contribution < -0.4 is 5.32 Å². The number of hydrogen-bond acceptors (Lipinski definition) is 1. The summed E-state index contributed by atoms with van der Waals surface area (Å²) >= 11 is 0. The standard InChI is InChI=1S/C15H17FN2O/c1-9-14(15(19)18-11-4-2-3-5-11)12-7-6-10(16)8-13(12)17-9/h6-8,11,17H,2-5H2,1H3,(H,18,19). The molecule has 100 valence electrons. The molecule has 3 rings (SSSR count). The molecule has 1 aliphatic rings. The number of halogens is 1. The predicted octanol–water partition coefficient (Wildman–Crippen LogP) is 3.29. The van der Waals surface area contributed by atoms with E-state index in [1.807, 2.05) is 6.92 Å². The van der Waals surface area contributed by atoms with Crippen LogP contribution in [0.5, 0.6) is 0 Å². The molecule has 0 radical (unpaired) electrons. The Morgan fingerprint density at radius 1 is 1.37 bits per heavy atom. The molecule has 1 heterocycles. The van der Waals surface area contributed by atoms with Gasteiger partial charge < -0.3 is 10.3 Å². The Balaban J connectivity index is 1.94. The molecular weight excluding hydrogens is 243 g/mol. The van der Waals surface area contributed by atoms with Crippen molar-refractivity contribution in [3.8, 4) is 0 Å². The van der Waals surface area contributed by atoms with Gasteiger partial charge in [0.05, 0.1) is 5.56 Å². The highest BCUT2D eigenvalue weighted by Crippen LogP contribution is 2.24. The number of aromatic nitrogens is 1. The van der Waals surface area contributed by atoms with Gasteiger partial charge in [-0.3, -0.25) is 4.79 Å². The normalized spacial score (nSPS) is 16.1. The molecule has 0 aliphatic heterocycles. The quantitative estimate of drug-likeness (QED) is 0.855. The number of H-pyrrole nitrogens is 1. The van der Waals surface area contributed by atoms with Gasteiger partial charge in [-0.25, -0.2) is 4.39 Å². The maximum Gasteiger partial charge on any atom is 0.253 e. The summed E-state index contributed by atoms with van der Waals surface area (Å²) < 4.78 is 13.2. The SMILES string of the molecule is Cc1[nH]c2cc(F)ccc2c1C(=O)NC1CCCC1. The number of rotatable bonds is 2. The van der Waals surface area contributed by atoms with E-state index in [2.05, 4.69) is 10.3 Å². The zero-order valence-electron chi connectivity index (χ0n) is 10.9. The zero-order valence-corrected chi connectivity index (χ0v) is 10.9. The van der Waals surface area contributed by atoms with E-state index < -0.39 is 0 Å². The van der Waals surface area contributed by atoms with Gasteiger partial charge in [0.1, 0.15) is 5.82 Å². The highest BCUT2D eigenvalue weighted by molar-refractivity contribution is 6.08. The maximum absolute atomic E-state index is 13.2. The van der Waals surface area contributed by atoms with Gasteiger partial charge in [0.15, 0.2) is 0 Å². The van der Waals surface area contributed by atoms with Gasteiger partial charge in [0.25, 0.3) is 5.91 Å². The van der Waals surface area contributed by atoms with Crippen molar-refractivity contribution in [2.75, 3.05) is 0 Å². The Labute approximate surface area is 111 Å². The van der Waals surface area contributed by atoms with Crippen LogP contribution in [-0.4, -0.2) is 16.9 Å². The molecule has 0 saturated heterocycles. The van der Waals surface area contributed by atoms with Gasteiger partial charge in [-0.05, 0) is 38.0 Å². The average molecular weight is 260 g/mol. The van der Waals surface area contributed by atoms with Crippen LogP contribution in [0.4, 0.5) is 4.39 Å². The third-order valence-electron chi connectivity index (χ3n) is 3.87. The number of fused-ring (bicyclic) bond motifs is 1. The Hall–Kier alpha value is -1.84. The van der Waals surface area contributed by atoms with Crippen LogP contribution in [0.15, 0.2) is 18.2 Å². The highest BCUT2D eigenvalue weighted by Gasteiger charge is 2.21. The third kappa shape index (κ3) is 2.23. The monoisotopic (exact) mass is 260 g/mol. The van der Waals surface area contributed by atoms with Crippen molar-refractivity contribution in [1.29, 1.82) is 0 Å². The maximum atomic E-state index is 13.2. The van der Waals surface area contributed by atoms with Gasteiger partial charge in [-0.15, -0.1) is 0 Å². The lowest BCUT2D eigenvalue weighted by Crippen LogP contribution is -2.32. The number of aromatic amines is 1. The van der Waals surface area contributed by atoms with E-state index in [-0.39, 0.29) is 17.8 Å². The fourth-order valence-electron chi connectivity index (χ4n) is 2.92. The van der Waals surface area contributed by atoms with Crippen molar-refractivity contribution < 1.29 is 9.18 Å². The summed E-state index contributed by atoms with van der Waals surface area (Å²) in [5, 5.41) is 3.86. The van der Waals surface area contributed by atoms with Gasteiger partial charge >= 0.3 is 0 Å². The van der Waals surface area contributed by atoms with Gasteiger partial charge in [-0.2, -0.15) is 0 Å². The number of carbonyl (C=O) groups excluding carboxylic acids is 1. The van der Waals surface area contributed by atoms with Crippen molar-refractivity contribution in [3.05, 3.63) is 35.3 Å². The largest absolute Gasteiger partial charge is 0.358 e. The first kappa shape index (κ1) is 12.2. The first-order valence-electron chi connectivity index (χ1n) is 6.74. The zero-order chi connectivity index (χ0) is 13.4. The summed E-state index contributed by atoms with van der Waals surface area (Å²) in [6, 6.07) is 4.77. The molecule has 1 aromatic heterocycles. The molecule has 0 bridgehead atoms. The van der Waals surface area contributed by atoms with Crippen LogP contribution in [0.25, 0.3) is 10.9 Å². The summed E-state index contributed by atoms with van der Waals surface area (Å²) in [5.74, 6) is -0.348. The third-order valence-corrected chi connectivity index (χ3v) is 3.87. The predicted molar refractivity (Wildman–Crippen MR) is 72.7 cm³/mol. The van der Waals surface area contributed by atoms with Gasteiger partial charge in [-0.1, -0.05) is 12.8 Å². The van der Waals surface area contributed by atoms with Crippen molar-refractivity contribution in [1.82, 2.24) is 10.3 Å². The molecule has 1 aliphatic carbocycles. The molecule has 1 saturated carbocycles. The van der Waals surface area contributed by atoms with E-state index in [0.29, 0.717) is 11.1 Å². The fraction of sp³-hybridized carbons (Fsp3) is 0.400. The van der Waals surface area contributed by atoms with Crippen LogP contribution in [0.1, 0.15) is 41.7 Å². The number of nitrogens with one attached hydrogen (secondary N) is 2. The summed E-state index contributed by atoms with van der Waals surface area (Å²) in [6.07, 6.45) is 4.48. The molecule has 0 unspecified atom stereocenters. The van der Waals surface area contributed by atoms with Gasteiger partial charge in [0, 0.05) is 22.6 Å². The van der Waals surface area contributed by atoms with Crippen LogP contribution >= 0.6 is 0 Å². The molecule has 2 N–H and O–H groups in total. The Morgan fingerprint density at radius 2 is 2.11 bits per heavy atom. The highest BCUT2D eigenvalue weighted by atomic mass is 19.1. The minimum absolute atomic E-state index is 0.0535. The lowest BCUT2D eigenvalue weighted by atomic mass is 10.1. The van der Waals surface area contributed by atoms with E-state index >= 15 is 0 Å². The van der Waals surface area contributed by atoms with E-state index in [1.54, 1.807) is 6.07 Å². The number of aryl methyl sites for hydroxylation is 1. The second kappa shape index (κ2) is 4.68. The molecule has 0 spiro atoms. The Morgan fingerprint density at radius 3 is 2.84 bits per heavy atom. The first-order chi connectivity index (χ1) is 9.15. The molecule has 2 aromatic rings. The minimum atomic E-state index is -0.295. The molecule has 1 aromatic carbocycles. The molecule has 3 nitrogen and oxygen atoms in total. The molecular formula is C15H17FN2O.